The van der Waals surface area contributed by atoms with Gasteiger partial charge in [0.05, 0.1) is 7.11 Å². The standard InChI is InChI=1S/C18H23N3O/c1-22-17-8-6-15(7-9-17)4-2-12-21-13-3-5-16(14-21)18-19-10-11-20-18/h2,4,6-11,16H,3,5,12-14H2,1H3,(H,19,20)/b4-2+/t16-/m0/s1. The molecule has 0 spiro atoms. The lowest BCUT2D eigenvalue weighted by molar-refractivity contribution is 0.224. The van der Waals surface area contributed by atoms with Crippen molar-refractivity contribution in [1.82, 2.24) is 14.9 Å². The van der Waals surface area contributed by atoms with E-state index >= 15 is 0 Å². The highest BCUT2D eigenvalue weighted by Crippen LogP contribution is 2.24. The second kappa shape index (κ2) is 7.27. The molecule has 0 saturated carbocycles. The molecule has 1 saturated heterocycles. The van der Waals surface area contributed by atoms with Crippen LogP contribution in [0.15, 0.2) is 42.7 Å². The zero-order valence-electron chi connectivity index (χ0n) is 13.0. The number of H-pyrrole nitrogens is 1. The molecular formula is C18H23N3O. The highest BCUT2D eigenvalue weighted by molar-refractivity contribution is 5.50. The summed E-state index contributed by atoms with van der Waals surface area (Å²) in [7, 11) is 1.69. The first-order chi connectivity index (χ1) is 10.8. The average molecular weight is 297 g/mol. The van der Waals surface area contributed by atoms with Crippen LogP contribution in [0.25, 0.3) is 6.08 Å². The molecule has 0 aliphatic carbocycles. The molecule has 1 atom stereocenters. The molecule has 0 amide bonds. The second-order valence-corrected chi connectivity index (χ2v) is 5.75. The van der Waals surface area contributed by atoms with Gasteiger partial charge in [-0.1, -0.05) is 24.3 Å². The number of hydrogen-bond acceptors (Lipinski definition) is 3. The number of aromatic amines is 1. The number of methoxy groups -OCH3 is 1. The Labute approximate surface area is 131 Å². The van der Waals surface area contributed by atoms with Crippen LogP contribution in [0.4, 0.5) is 0 Å². The Morgan fingerprint density at radius 3 is 2.95 bits per heavy atom. The molecule has 1 aliphatic heterocycles. The van der Waals surface area contributed by atoms with Gasteiger partial charge in [-0.2, -0.15) is 0 Å². The Morgan fingerprint density at radius 2 is 2.23 bits per heavy atom. The first-order valence-corrected chi connectivity index (χ1v) is 7.87. The molecule has 0 bridgehead atoms. The van der Waals surface area contributed by atoms with Crippen molar-refractivity contribution in [3.8, 4) is 5.75 Å². The molecule has 2 heterocycles. The summed E-state index contributed by atoms with van der Waals surface area (Å²) in [6.45, 7) is 3.24. The van der Waals surface area contributed by atoms with Crippen molar-refractivity contribution in [3.05, 3.63) is 54.1 Å². The SMILES string of the molecule is COc1ccc(/C=C/CN2CCC[C@H](c3ncc[nH]3)C2)cc1. The molecule has 1 N–H and O–H groups in total. The lowest BCUT2D eigenvalue weighted by Crippen LogP contribution is -2.34. The predicted molar refractivity (Wildman–Crippen MR) is 89.0 cm³/mol. The Bertz CT molecular complexity index is 589. The first kappa shape index (κ1) is 14.9. The molecule has 0 unspecified atom stereocenters. The van der Waals surface area contributed by atoms with E-state index in [0.717, 1.165) is 24.7 Å². The summed E-state index contributed by atoms with van der Waals surface area (Å²) in [6, 6.07) is 8.15. The number of aromatic nitrogens is 2. The van der Waals surface area contributed by atoms with E-state index in [4.69, 9.17) is 4.74 Å². The van der Waals surface area contributed by atoms with Gasteiger partial charge in [0, 0.05) is 31.4 Å². The summed E-state index contributed by atoms with van der Waals surface area (Å²) in [5.74, 6) is 2.57. The van der Waals surface area contributed by atoms with Crippen LogP contribution in [-0.2, 0) is 0 Å². The number of imidazole rings is 1. The fourth-order valence-electron chi connectivity index (χ4n) is 3.00. The van der Waals surface area contributed by atoms with E-state index in [1.165, 1.54) is 24.9 Å². The smallest absolute Gasteiger partial charge is 0.118 e. The van der Waals surface area contributed by atoms with Gasteiger partial charge in [0.1, 0.15) is 11.6 Å². The molecule has 1 fully saturated rings. The summed E-state index contributed by atoms with van der Waals surface area (Å²) in [4.78, 5) is 10.2. The molecule has 2 aromatic rings. The fourth-order valence-corrected chi connectivity index (χ4v) is 3.00. The maximum atomic E-state index is 5.17. The Hall–Kier alpha value is -2.07. The summed E-state index contributed by atoms with van der Waals surface area (Å²) in [5, 5.41) is 0. The zero-order chi connectivity index (χ0) is 15.2. The number of nitrogens with one attached hydrogen (secondary N) is 1. The van der Waals surface area contributed by atoms with Crippen molar-refractivity contribution in [1.29, 1.82) is 0 Å². The molecule has 4 heteroatoms. The van der Waals surface area contributed by atoms with E-state index < -0.39 is 0 Å². The summed E-state index contributed by atoms with van der Waals surface area (Å²) < 4.78 is 5.17. The van der Waals surface area contributed by atoms with Gasteiger partial charge < -0.3 is 9.72 Å². The van der Waals surface area contributed by atoms with Crippen molar-refractivity contribution in [2.45, 2.75) is 18.8 Å². The Morgan fingerprint density at radius 1 is 1.36 bits per heavy atom. The van der Waals surface area contributed by atoms with Crippen LogP contribution in [-0.4, -0.2) is 41.6 Å². The fraction of sp³-hybridized carbons (Fsp3) is 0.389. The minimum Gasteiger partial charge on any atom is -0.497 e. The van der Waals surface area contributed by atoms with Crippen LogP contribution in [0.2, 0.25) is 0 Å². The average Bonchev–Trinajstić information content (AvgIpc) is 3.10. The van der Waals surface area contributed by atoms with Crippen LogP contribution in [0, 0.1) is 0 Å². The summed E-state index contributed by atoms with van der Waals surface area (Å²) in [6.07, 6.45) is 10.6. The van der Waals surface area contributed by atoms with Crippen LogP contribution < -0.4 is 4.74 Å². The largest absolute Gasteiger partial charge is 0.497 e. The molecule has 0 radical (unpaired) electrons. The number of nitrogens with zero attached hydrogens (tertiary/aromatic N) is 2. The van der Waals surface area contributed by atoms with Crippen molar-refractivity contribution < 1.29 is 4.74 Å². The van der Waals surface area contributed by atoms with Gasteiger partial charge in [-0.3, -0.25) is 4.90 Å². The summed E-state index contributed by atoms with van der Waals surface area (Å²) in [5.41, 5.74) is 1.21. The van der Waals surface area contributed by atoms with Crippen LogP contribution in [0.3, 0.4) is 0 Å². The molecule has 1 aromatic carbocycles. The van der Waals surface area contributed by atoms with E-state index in [2.05, 4.69) is 39.2 Å². The zero-order valence-corrected chi connectivity index (χ0v) is 13.0. The number of benzene rings is 1. The van der Waals surface area contributed by atoms with Gasteiger partial charge >= 0.3 is 0 Å². The van der Waals surface area contributed by atoms with E-state index in [9.17, 15) is 0 Å². The highest BCUT2D eigenvalue weighted by Gasteiger charge is 2.21. The summed E-state index contributed by atoms with van der Waals surface area (Å²) >= 11 is 0. The van der Waals surface area contributed by atoms with Crippen LogP contribution >= 0.6 is 0 Å². The van der Waals surface area contributed by atoms with Crippen molar-refractivity contribution in [3.63, 3.8) is 0 Å². The van der Waals surface area contributed by atoms with Gasteiger partial charge in [-0.15, -0.1) is 0 Å². The third-order valence-electron chi connectivity index (χ3n) is 4.20. The maximum absolute atomic E-state index is 5.17. The van der Waals surface area contributed by atoms with Crippen molar-refractivity contribution in [2.75, 3.05) is 26.7 Å². The molecule has 116 valence electrons. The second-order valence-electron chi connectivity index (χ2n) is 5.75. The third kappa shape index (κ3) is 3.77. The minimum absolute atomic E-state index is 0.540. The van der Waals surface area contributed by atoms with Gasteiger partial charge in [0.2, 0.25) is 0 Å². The van der Waals surface area contributed by atoms with Crippen LogP contribution in [0.1, 0.15) is 30.1 Å². The van der Waals surface area contributed by atoms with Crippen molar-refractivity contribution in [2.24, 2.45) is 0 Å². The molecule has 22 heavy (non-hydrogen) atoms. The van der Waals surface area contributed by atoms with Gasteiger partial charge in [0.25, 0.3) is 0 Å². The topological polar surface area (TPSA) is 41.1 Å². The van der Waals surface area contributed by atoms with E-state index in [-0.39, 0.29) is 0 Å². The third-order valence-corrected chi connectivity index (χ3v) is 4.20. The normalized spacial score (nSPS) is 19.6. The van der Waals surface area contributed by atoms with Crippen molar-refractivity contribution >= 4 is 6.08 Å². The predicted octanol–water partition coefficient (Wildman–Crippen LogP) is 3.31. The number of rotatable bonds is 5. The van der Waals surface area contributed by atoms with Gasteiger partial charge in [-0.05, 0) is 37.1 Å². The Balaban J connectivity index is 1.53. The maximum Gasteiger partial charge on any atom is 0.118 e. The first-order valence-electron chi connectivity index (χ1n) is 7.87. The molecule has 4 nitrogen and oxygen atoms in total. The van der Waals surface area contributed by atoms with Gasteiger partial charge in [-0.25, -0.2) is 4.98 Å². The molecular weight excluding hydrogens is 274 g/mol. The lowest BCUT2D eigenvalue weighted by atomic mass is 9.97. The van der Waals surface area contributed by atoms with E-state index in [1.54, 1.807) is 7.11 Å². The minimum atomic E-state index is 0.540. The highest BCUT2D eigenvalue weighted by atomic mass is 16.5. The number of likely N-dealkylation sites (tertiary alicyclic amines) is 1. The Kier molecular flexibility index (Phi) is 4.91. The molecule has 1 aromatic heterocycles. The van der Waals surface area contributed by atoms with Gasteiger partial charge in [0.15, 0.2) is 0 Å². The number of ether oxygens (including phenoxy) is 1. The lowest BCUT2D eigenvalue weighted by Gasteiger charge is -2.30. The number of hydrogen-bond donors (Lipinski definition) is 1. The molecule has 1 aliphatic rings. The number of piperidine rings is 1. The van der Waals surface area contributed by atoms with Crippen LogP contribution in [0.5, 0.6) is 5.75 Å². The quantitative estimate of drug-likeness (QED) is 0.920. The van der Waals surface area contributed by atoms with E-state index in [0.29, 0.717) is 5.92 Å². The van der Waals surface area contributed by atoms with E-state index in [1.807, 2.05) is 24.5 Å². The molecule has 3 rings (SSSR count). The monoisotopic (exact) mass is 297 g/mol.